The molecule has 1 aromatic rings. The van der Waals surface area contributed by atoms with Crippen LogP contribution in [-0.4, -0.2) is 48.8 Å². The largest absolute Gasteiger partial charge is 0.372 e. The topological polar surface area (TPSA) is 38.8 Å². The van der Waals surface area contributed by atoms with E-state index in [4.69, 9.17) is 9.47 Å². The number of rotatable bonds is 6. The maximum absolute atomic E-state index is 12.6. The van der Waals surface area contributed by atoms with Gasteiger partial charge in [-0.05, 0) is 24.8 Å². The summed E-state index contributed by atoms with van der Waals surface area (Å²) in [5.41, 5.74) is 1.21. The number of aryl methyl sites for hydroxylation is 1. The van der Waals surface area contributed by atoms with Crippen molar-refractivity contribution in [1.29, 1.82) is 0 Å². The van der Waals surface area contributed by atoms with Crippen molar-refractivity contribution in [3.63, 3.8) is 0 Å². The molecule has 0 radical (unpaired) electrons. The van der Waals surface area contributed by atoms with Gasteiger partial charge in [-0.1, -0.05) is 36.4 Å². The molecule has 2 fully saturated rings. The van der Waals surface area contributed by atoms with E-state index in [1.165, 1.54) is 5.56 Å². The number of nitrogens with zero attached hydrogens (tertiary/aromatic N) is 1. The summed E-state index contributed by atoms with van der Waals surface area (Å²) < 4.78 is 11.7. The molecule has 1 aliphatic heterocycles. The van der Waals surface area contributed by atoms with Gasteiger partial charge in [0.05, 0.1) is 25.4 Å². The van der Waals surface area contributed by atoms with Gasteiger partial charge in [-0.25, -0.2) is 0 Å². The molecule has 1 amide bonds. The van der Waals surface area contributed by atoms with Crippen molar-refractivity contribution in [1.82, 2.24) is 4.90 Å². The zero-order valence-corrected chi connectivity index (χ0v) is 13.5. The predicted molar refractivity (Wildman–Crippen MR) is 89.2 cm³/mol. The summed E-state index contributed by atoms with van der Waals surface area (Å²) in [5, 5.41) is 0. The van der Waals surface area contributed by atoms with Crippen LogP contribution in [0.4, 0.5) is 0 Å². The molecule has 1 aromatic carbocycles. The SMILES string of the molecule is C=CCO[C@H]1CC[C@H]2[C@H]1OCCN2C(=O)CCc1ccccc1. The molecule has 4 nitrogen and oxygen atoms in total. The first kappa shape index (κ1) is 16.2. The summed E-state index contributed by atoms with van der Waals surface area (Å²) in [5.74, 6) is 0.233. The van der Waals surface area contributed by atoms with Gasteiger partial charge in [0.2, 0.25) is 5.91 Å². The van der Waals surface area contributed by atoms with Crippen LogP contribution in [0.3, 0.4) is 0 Å². The van der Waals surface area contributed by atoms with Gasteiger partial charge in [-0.3, -0.25) is 4.79 Å². The molecule has 1 heterocycles. The number of hydrogen-bond donors (Lipinski definition) is 0. The van der Waals surface area contributed by atoms with Crippen LogP contribution >= 0.6 is 0 Å². The molecular formula is C19H25NO3. The first-order chi connectivity index (χ1) is 11.3. The molecule has 3 rings (SSSR count). The molecule has 1 saturated heterocycles. The molecule has 2 aliphatic rings. The van der Waals surface area contributed by atoms with Gasteiger partial charge in [0, 0.05) is 13.0 Å². The summed E-state index contributed by atoms with van der Waals surface area (Å²) in [7, 11) is 0. The fourth-order valence-corrected chi connectivity index (χ4v) is 3.63. The van der Waals surface area contributed by atoms with Gasteiger partial charge < -0.3 is 14.4 Å². The number of carbonyl (C=O) groups excluding carboxylic acids is 1. The normalized spacial score (nSPS) is 26.8. The van der Waals surface area contributed by atoms with Crippen LogP contribution < -0.4 is 0 Å². The van der Waals surface area contributed by atoms with Gasteiger partial charge in [-0.2, -0.15) is 0 Å². The Labute approximate surface area is 138 Å². The van der Waals surface area contributed by atoms with Crippen molar-refractivity contribution in [2.75, 3.05) is 19.8 Å². The minimum absolute atomic E-state index is 0.0179. The number of amides is 1. The molecule has 0 bridgehead atoms. The van der Waals surface area contributed by atoms with Gasteiger partial charge in [0.15, 0.2) is 0 Å². The highest BCUT2D eigenvalue weighted by Gasteiger charge is 2.44. The van der Waals surface area contributed by atoms with Gasteiger partial charge in [0.25, 0.3) is 0 Å². The third-order valence-corrected chi connectivity index (χ3v) is 4.75. The standard InChI is InChI=1S/C19H25NO3/c1-2-13-22-17-10-9-16-19(17)23-14-12-20(16)18(21)11-8-15-6-4-3-5-7-15/h2-7,16-17,19H,1,8-14H2/t16-,17-,19+/m0/s1. The lowest BCUT2D eigenvalue weighted by atomic mass is 10.1. The number of morpholine rings is 1. The molecule has 23 heavy (non-hydrogen) atoms. The maximum Gasteiger partial charge on any atom is 0.223 e. The minimum atomic E-state index is 0.0179. The Morgan fingerprint density at radius 3 is 2.96 bits per heavy atom. The van der Waals surface area contributed by atoms with E-state index >= 15 is 0 Å². The summed E-state index contributed by atoms with van der Waals surface area (Å²) in [6, 6.07) is 10.3. The Hall–Kier alpha value is -1.65. The van der Waals surface area contributed by atoms with Crippen LogP contribution in [0.1, 0.15) is 24.8 Å². The average Bonchev–Trinajstić information content (AvgIpc) is 3.02. The summed E-state index contributed by atoms with van der Waals surface area (Å²) in [6.45, 7) is 5.53. The monoisotopic (exact) mass is 315 g/mol. The molecule has 0 aromatic heterocycles. The maximum atomic E-state index is 12.6. The minimum Gasteiger partial charge on any atom is -0.372 e. The number of ether oxygens (including phenoxy) is 2. The highest BCUT2D eigenvalue weighted by atomic mass is 16.5. The van der Waals surface area contributed by atoms with Crippen LogP contribution in [0.25, 0.3) is 0 Å². The Morgan fingerprint density at radius 1 is 1.35 bits per heavy atom. The van der Waals surface area contributed by atoms with Crippen molar-refractivity contribution in [2.24, 2.45) is 0 Å². The highest BCUT2D eigenvalue weighted by molar-refractivity contribution is 5.77. The highest BCUT2D eigenvalue weighted by Crippen LogP contribution is 2.32. The lowest BCUT2D eigenvalue weighted by Crippen LogP contribution is -2.53. The number of hydrogen-bond acceptors (Lipinski definition) is 3. The molecule has 124 valence electrons. The fraction of sp³-hybridized carbons (Fsp3) is 0.526. The molecule has 1 aliphatic carbocycles. The summed E-state index contributed by atoms with van der Waals surface area (Å²) in [6.07, 6.45) is 5.14. The molecule has 0 N–H and O–H groups in total. The third kappa shape index (κ3) is 3.82. The molecular weight excluding hydrogens is 290 g/mol. The Morgan fingerprint density at radius 2 is 2.17 bits per heavy atom. The second-order valence-corrected chi connectivity index (χ2v) is 6.21. The molecule has 1 saturated carbocycles. The number of benzene rings is 1. The fourth-order valence-electron chi connectivity index (χ4n) is 3.63. The van der Waals surface area contributed by atoms with Crippen LogP contribution in [0.5, 0.6) is 0 Å². The van der Waals surface area contributed by atoms with Crippen molar-refractivity contribution in [3.05, 3.63) is 48.6 Å². The van der Waals surface area contributed by atoms with Crippen molar-refractivity contribution >= 4 is 5.91 Å². The van der Waals surface area contributed by atoms with E-state index in [-0.39, 0.29) is 24.2 Å². The quantitative estimate of drug-likeness (QED) is 0.757. The zero-order chi connectivity index (χ0) is 16.1. The van der Waals surface area contributed by atoms with Crippen molar-refractivity contribution in [2.45, 2.75) is 43.9 Å². The van der Waals surface area contributed by atoms with E-state index < -0.39 is 0 Å². The first-order valence-electron chi connectivity index (χ1n) is 8.47. The van der Waals surface area contributed by atoms with E-state index in [0.29, 0.717) is 26.2 Å². The molecule has 0 unspecified atom stereocenters. The molecule has 4 heteroatoms. The van der Waals surface area contributed by atoms with Crippen LogP contribution in [-0.2, 0) is 20.7 Å². The summed E-state index contributed by atoms with van der Waals surface area (Å²) >= 11 is 0. The van der Waals surface area contributed by atoms with Crippen molar-refractivity contribution in [3.8, 4) is 0 Å². The van der Waals surface area contributed by atoms with Gasteiger partial charge in [-0.15, -0.1) is 6.58 Å². The van der Waals surface area contributed by atoms with E-state index in [1.54, 1.807) is 6.08 Å². The zero-order valence-electron chi connectivity index (χ0n) is 13.5. The van der Waals surface area contributed by atoms with Crippen molar-refractivity contribution < 1.29 is 14.3 Å². The second-order valence-electron chi connectivity index (χ2n) is 6.21. The lowest BCUT2D eigenvalue weighted by Gasteiger charge is -2.39. The van der Waals surface area contributed by atoms with E-state index in [1.807, 2.05) is 23.1 Å². The second kappa shape index (κ2) is 7.75. The molecule has 0 spiro atoms. The Kier molecular flexibility index (Phi) is 5.47. The number of fused-ring (bicyclic) bond motifs is 1. The first-order valence-corrected chi connectivity index (χ1v) is 8.47. The summed E-state index contributed by atoms with van der Waals surface area (Å²) in [4.78, 5) is 14.7. The predicted octanol–water partition coefficient (Wildman–Crippen LogP) is 2.58. The van der Waals surface area contributed by atoms with Crippen LogP contribution in [0, 0.1) is 0 Å². The van der Waals surface area contributed by atoms with Crippen LogP contribution in [0.15, 0.2) is 43.0 Å². The van der Waals surface area contributed by atoms with Gasteiger partial charge in [0.1, 0.15) is 6.10 Å². The third-order valence-electron chi connectivity index (χ3n) is 4.75. The van der Waals surface area contributed by atoms with Crippen LogP contribution in [0.2, 0.25) is 0 Å². The van der Waals surface area contributed by atoms with E-state index in [9.17, 15) is 4.79 Å². The van der Waals surface area contributed by atoms with E-state index in [0.717, 1.165) is 19.3 Å². The Balaban J connectivity index is 1.57. The number of carbonyl (C=O) groups is 1. The Bertz CT molecular complexity index is 531. The average molecular weight is 315 g/mol. The van der Waals surface area contributed by atoms with E-state index in [2.05, 4.69) is 18.7 Å². The van der Waals surface area contributed by atoms with Gasteiger partial charge >= 0.3 is 0 Å². The smallest absolute Gasteiger partial charge is 0.223 e. The molecule has 3 atom stereocenters. The lowest BCUT2D eigenvalue weighted by molar-refractivity contribution is -0.150.